The number of hydrogen-bond donors (Lipinski definition) is 2. The first-order chi connectivity index (χ1) is 9.60. The van der Waals surface area contributed by atoms with Gasteiger partial charge in [0, 0.05) is 10.5 Å². The van der Waals surface area contributed by atoms with Crippen molar-refractivity contribution in [2.75, 3.05) is 11.9 Å². The molecular weight excluding hydrogens is 322 g/mol. The summed E-state index contributed by atoms with van der Waals surface area (Å²) in [5.41, 5.74) is 0.980. The third kappa shape index (κ3) is 3.88. The van der Waals surface area contributed by atoms with Gasteiger partial charge in [-0.1, -0.05) is 15.9 Å². The number of carboxylic acid groups (broad SMARTS) is 1. The monoisotopic (exact) mass is 341 g/mol. The van der Waals surface area contributed by atoms with Crippen LogP contribution >= 0.6 is 15.9 Å². The lowest BCUT2D eigenvalue weighted by atomic mass is 9.86. The first-order valence-electron chi connectivity index (χ1n) is 7.01. The molecule has 0 atom stereocenters. The van der Waals surface area contributed by atoms with Gasteiger partial charge in [0.25, 0.3) is 0 Å². The fourth-order valence-corrected chi connectivity index (χ4v) is 2.94. The van der Waals surface area contributed by atoms with Crippen molar-refractivity contribution >= 4 is 27.6 Å². The van der Waals surface area contributed by atoms with E-state index in [9.17, 15) is 4.79 Å². The number of halogens is 1. The molecule has 1 saturated carbocycles. The molecule has 1 aliphatic rings. The van der Waals surface area contributed by atoms with E-state index in [1.165, 1.54) is 0 Å². The number of ether oxygens (including phenoxy) is 1. The summed E-state index contributed by atoms with van der Waals surface area (Å²) >= 11 is 3.44. The Hall–Kier alpha value is -1.23. The molecule has 0 aromatic heterocycles. The van der Waals surface area contributed by atoms with Crippen LogP contribution in [0, 0.1) is 5.92 Å². The summed E-state index contributed by atoms with van der Waals surface area (Å²) in [5, 5.41) is 12.5. The van der Waals surface area contributed by atoms with Crippen LogP contribution in [0.4, 0.5) is 5.69 Å². The van der Waals surface area contributed by atoms with Crippen LogP contribution in [0.5, 0.6) is 5.75 Å². The highest BCUT2D eigenvalue weighted by Crippen LogP contribution is 2.32. The van der Waals surface area contributed by atoms with Crippen LogP contribution in [-0.4, -0.2) is 23.7 Å². The van der Waals surface area contributed by atoms with E-state index in [4.69, 9.17) is 9.84 Å². The molecule has 0 bridgehead atoms. The fraction of sp³-hybridized carbons (Fsp3) is 0.533. The molecule has 0 amide bonds. The lowest BCUT2D eigenvalue weighted by Gasteiger charge is -2.28. The summed E-state index contributed by atoms with van der Waals surface area (Å²) in [7, 11) is 0. The third-order valence-corrected chi connectivity index (χ3v) is 4.17. The third-order valence-electron chi connectivity index (χ3n) is 3.68. The second-order valence-electron chi connectivity index (χ2n) is 5.10. The van der Waals surface area contributed by atoms with Crippen molar-refractivity contribution in [2.45, 2.75) is 38.6 Å². The average Bonchev–Trinajstić information content (AvgIpc) is 2.43. The zero-order valence-corrected chi connectivity index (χ0v) is 13.1. The summed E-state index contributed by atoms with van der Waals surface area (Å²) < 4.78 is 6.62. The van der Waals surface area contributed by atoms with Crippen LogP contribution in [0.1, 0.15) is 32.6 Å². The largest absolute Gasteiger partial charge is 0.492 e. The molecule has 0 unspecified atom stereocenters. The summed E-state index contributed by atoms with van der Waals surface area (Å²) in [5.74, 6) is -0.00587. The van der Waals surface area contributed by atoms with Crippen molar-refractivity contribution < 1.29 is 14.6 Å². The van der Waals surface area contributed by atoms with Gasteiger partial charge in [-0.3, -0.25) is 4.79 Å². The van der Waals surface area contributed by atoms with Crippen molar-refractivity contribution in [2.24, 2.45) is 5.92 Å². The first-order valence-corrected chi connectivity index (χ1v) is 7.81. The molecule has 1 aromatic rings. The number of hydrogen-bond acceptors (Lipinski definition) is 3. The average molecular weight is 342 g/mol. The molecule has 0 spiro atoms. The van der Waals surface area contributed by atoms with Crippen LogP contribution < -0.4 is 10.1 Å². The fourth-order valence-electron chi connectivity index (χ4n) is 2.59. The quantitative estimate of drug-likeness (QED) is 0.852. The lowest BCUT2D eigenvalue weighted by molar-refractivity contribution is -0.142. The minimum atomic E-state index is -0.665. The van der Waals surface area contributed by atoms with E-state index in [1.54, 1.807) is 0 Å². The van der Waals surface area contributed by atoms with Crippen molar-refractivity contribution in [1.29, 1.82) is 0 Å². The number of carboxylic acids is 1. The van der Waals surface area contributed by atoms with Crippen LogP contribution in [0.2, 0.25) is 0 Å². The second kappa shape index (κ2) is 6.97. The number of benzene rings is 1. The molecule has 2 rings (SSSR count). The normalized spacial score (nSPS) is 22.3. The van der Waals surface area contributed by atoms with E-state index in [0.717, 1.165) is 41.6 Å². The maximum atomic E-state index is 11.0. The molecule has 1 aromatic carbocycles. The molecule has 1 fully saturated rings. The van der Waals surface area contributed by atoms with E-state index in [-0.39, 0.29) is 5.92 Å². The van der Waals surface area contributed by atoms with E-state index in [1.807, 2.05) is 25.1 Å². The molecular formula is C15H20BrNO3. The molecule has 1 aliphatic carbocycles. The van der Waals surface area contributed by atoms with Crippen molar-refractivity contribution in [1.82, 2.24) is 0 Å². The van der Waals surface area contributed by atoms with Gasteiger partial charge in [-0.05, 0) is 50.8 Å². The molecule has 5 heteroatoms. The number of rotatable bonds is 5. The number of anilines is 1. The highest BCUT2D eigenvalue weighted by atomic mass is 79.9. The van der Waals surface area contributed by atoms with E-state index >= 15 is 0 Å². The Morgan fingerprint density at radius 3 is 2.70 bits per heavy atom. The van der Waals surface area contributed by atoms with Gasteiger partial charge in [0.1, 0.15) is 5.75 Å². The Balaban J connectivity index is 1.99. The molecule has 0 aliphatic heterocycles. The first kappa shape index (κ1) is 15.2. The second-order valence-corrected chi connectivity index (χ2v) is 6.02. The Morgan fingerprint density at radius 2 is 2.10 bits per heavy atom. The smallest absolute Gasteiger partial charge is 0.306 e. The van der Waals surface area contributed by atoms with Crippen molar-refractivity contribution in [3.63, 3.8) is 0 Å². The summed E-state index contributed by atoms with van der Waals surface area (Å²) in [6, 6.07) is 6.26. The van der Waals surface area contributed by atoms with Gasteiger partial charge in [0.15, 0.2) is 0 Å². The number of aliphatic carboxylic acids is 1. The van der Waals surface area contributed by atoms with Gasteiger partial charge >= 0.3 is 5.97 Å². The van der Waals surface area contributed by atoms with E-state index < -0.39 is 5.97 Å². The SMILES string of the molecule is CCOc1cc(Br)ccc1NC1CCC(C(=O)O)CC1. The zero-order chi connectivity index (χ0) is 14.5. The Kier molecular flexibility index (Phi) is 5.29. The van der Waals surface area contributed by atoms with Gasteiger partial charge in [0.05, 0.1) is 18.2 Å². The molecule has 0 radical (unpaired) electrons. The summed E-state index contributed by atoms with van der Waals surface area (Å²) in [6.45, 7) is 2.58. The number of nitrogens with one attached hydrogen (secondary N) is 1. The highest BCUT2D eigenvalue weighted by molar-refractivity contribution is 9.10. The van der Waals surface area contributed by atoms with E-state index in [2.05, 4.69) is 21.2 Å². The Labute approximate surface area is 127 Å². The highest BCUT2D eigenvalue weighted by Gasteiger charge is 2.26. The van der Waals surface area contributed by atoms with Gasteiger partial charge < -0.3 is 15.2 Å². The standard InChI is InChI=1S/C15H20BrNO3/c1-2-20-14-9-11(16)5-8-13(14)17-12-6-3-10(4-7-12)15(18)19/h5,8-10,12,17H,2-4,6-7H2,1H3,(H,18,19). The van der Waals surface area contributed by atoms with Crippen LogP contribution in [0.3, 0.4) is 0 Å². The maximum absolute atomic E-state index is 11.0. The molecule has 110 valence electrons. The van der Waals surface area contributed by atoms with Crippen molar-refractivity contribution in [3.05, 3.63) is 22.7 Å². The van der Waals surface area contributed by atoms with Crippen LogP contribution in [0.15, 0.2) is 22.7 Å². The Bertz CT molecular complexity index is 470. The number of carbonyl (C=O) groups is 1. The molecule has 2 N–H and O–H groups in total. The minimum Gasteiger partial charge on any atom is -0.492 e. The van der Waals surface area contributed by atoms with Gasteiger partial charge in [0.2, 0.25) is 0 Å². The predicted molar refractivity (Wildman–Crippen MR) is 82.3 cm³/mol. The molecule has 0 saturated heterocycles. The topological polar surface area (TPSA) is 58.6 Å². The lowest BCUT2D eigenvalue weighted by Crippen LogP contribution is -2.29. The minimum absolute atomic E-state index is 0.177. The summed E-state index contributed by atoms with van der Waals surface area (Å²) in [6.07, 6.45) is 3.26. The summed E-state index contributed by atoms with van der Waals surface area (Å²) in [4.78, 5) is 11.0. The maximum Gasteiger partial charge on any atom is 0.306 e. The van der Waals surface area contributed by atoms with Gasteiger partial charge in [-0.2, -0.15) is 0 Å². The Morgan fingerprint density at radius 1 is 1.40 bits per heavy atom. The zero-order valence-electron chi connectivity index (χ0n) is 11.6. The molecule has 20 heavy (non-hydrogen) atoms. The van der Waals surface area contributed by atoms with Crippen molar-refractivity contribution in [3.8, 4) is 5.75 Å². The van der Waals surface area contributed by atoms with E-state index in [0.29, 0.717) is 12.6 Å². The predicted octanol–water partition coefficient (Wildman–Crippen LogP) is 3.90. The van der Waals surface area contributed by atoms with Gasteiger partial charge in [-0.15, -0.1) is 0 Å². The van der Waals surface area contributed by atoms with Crippen LogP contribution in [-0.2, 0) is 4.79 Å². The van der Waals surface area contributed by atoms with Gasteiger partial charge in [-0.25, -0.2) is 0 Å². The molecule has 4 nitrogen and oxygen atoms in total. The molecule has 0 heterocycles. The van der Waals surface area contributed by atoms with Crippen LogP contribution in [0.25, 0.3) is 0 Å².